The van der Waals surface area contributed by atoms with Crippen LogP contribution in [0.5, 0.6) is 0 Å². The van der Waals surface area contributed by atoms with Crippen molar-refractivity contribution < 1.29 is 9.30 Å². The fourth-order valence-corrected chi connectivity index (χ4v) is 5.48. The maximum Gasteiger partial charge on any atom is 0.138 e. The molecule has 1 aliphatic rings. The van der Waals surface area contributed by atoms with E-state index in [0.29, 0.717) is 6.16 Å². The maximum absolute atomic E-state index is 12.9. The minimum atomic E-state index is -2.50. The van der Waals surface area contributed by atoms with Gasteiger partial charge in [-0.05, 0) is 18.3 Å². The zero-order chi connectivity index (χ0) is 12.5. The van der Waals surface area contributed by atoms with Crippen LogP contribution in [0.25, 0.3) is 0 Å². The first kappa shape index (κ1) is 12.9. The van der Waals surface area contributed by atoms with Gasteiger partial charge in [0.15, 0.2) is 0 Å². The van der Waals surface area contributed by atoms with Crippen LogP contribution < -0.4 is 5.30 Å². The Morgan fingerprint density at radius 3 is 2.59 bits per heavy atom. The molecule has 0 N–H and O–H groups in total. The summed E-state index contributed by atoms with van der Waals surface area (Å²) in [5.74, 6) is 1.84. The van der Waals surface area contributed by atoms with Crippen molar-refractivity contribution in [2.75, 3.05) is 13.3 Å². The summed E-state index contributed by atoms with van der Waals surface area (Å²) < 4.78 is 18.3. The molecule has 2 rings (SSSR count). The van der Waals surface area contributed by atoms with Crippen LogP contribution in [-0.4, -0.2) is 24.8 Å². The van der Waals surface area contributed by atoms with Gasteiger partial charge in [-0.15, -0.1) is 11.6 Å². The molecule has 2 nitrogen and oxygen atoms in total. The number of alkyl halides is 1. The normalized spacial score (nSPS) is 33.2. The van der Waals surface area contributed by atoms with Crippen molar-refractivity contribution in [1.29, 1.82) is 0 Å². The molecule has 0 bridgehead atoms. The summed E-state index contributed by atoms with van der Waals surface area (Å²) in [5.41, 5.74) is 0.942. The smallest absolute Gasteiger partial charge is 0.138 e. The predicted octanol–water partition coefficient (Wildman–Crippen LogP) is 3.21. The highest BCUT2D eigenvalue weighted by Gasteiger charge is 2.36. The third kappa shape index (κ3) is 2.49. The minimum Gasteiger partial charge on any atom is -0.379 e. The van der Waals surface area contributed by atoms with E-state index in [1.165, 1.54) is 0 Å². The molecule has 17 heavy (non-hydrogen) atoms. The lowest BCUT2D eigenvalue weighted by Gasteiger charge is -2.31. The standard InChI is InChI=1S/C13H16ClO2P/c1-10-8-17(15,9-12(16-2)13(10)14)11-6-4-3-5-7-11/h3-8,12-13H,9H2,1-2H3. The SMILES string of the molecule is COC1CP(=O)(c2ccccc2)C=C(C)C1Cl. The first-order chi connectivity index (χ1) is 8.07. The molecule has 1 aliphatic heterocycles. The van der Waals surface area contributed by atoms with Gasteiger partial charge in [0.1, 0.15) is 7.14 Å². The molecule has 92 valence electrons. The molecular formula is C13H16ClO2P. The van der Waals surface area contributed by atoms with Gasteiger partial charge >= 0.3 is 0 Å². The molecule has 0 radical (unpaired) electrons. The van der Waals surface area contributed by atoms with Crippen LogP contribution in [0.15, 0.2) is 41.7 Å². The molecule has 3 atom stereocenters. The van der Waals surface area contributed by atoms with Gasteiger partial charge in [0.2, 0.25) is 0 Å². The largest absolute Gasteiger partial charge is 0.379 e. The highest BCUT2D eigenvalue weighted by molar-refractivity contribution is 7.74. The van der Waals surface area contributed by atoms with Crippen molar-refractivity contribution in [2.24, 2.45) is 0 Å². The minimum absolute atomic E-state index is 0.173. The number of hydrogen-bond acceptors (Lipinski definition) is 2. The van der Waals surface area contributed by atoms with Gasteiger partial charge in [0.25, 0.3) is 0 Å². The second-order valence-corrected chi connectivity index (χ2v) is 7.56. The van der Waals surface area contributed by atoms with Crippen molar-refractivity contribution >= 4 is 24.0 Å². The van der Waals surface area contributed by atoms with Crippen molar-refractivity contribution in [3.63, 3.8) is 0 Å². The Morgan fingerprint density at radius 2 is 2.00 bits per heavy atom. The second-order valence-electron chi connectivity index (χ2n) is 4.36. The van der Waals surface area contributed by atoms with Crippen LogP contribution in [0.1, 0.15) is 6.92 Å². The fourth-order valence-electron chi connectivity index (χ4n) is 2.16. The summed E-state index contributed by atoms with van der Waals surface area (Å²) in [6.07, 6.45) is 0.312. The summed E-state index contributed by atoms with van der Waals surface area (Å²) in [4.78, 5) is 0. The topological polar surface area (TPSA) is 26.3 Å². The van der Waals surface area contributed by atoms with Crippen LogP contribution >= 0.6 is 18.7 Å². The zero-order valence-electron chi connectivity index (χ0n) is 9.97. The van der Waals surface area contributed by atoms with Crippen LogP contribution in [-0.2, 0) is 9.30 Å². The number of hydrogen-bond donors (Lipinski definition) is 0. The monoisotopic (exact) mass is 270 g/mol. The third-order valence-corrected chi connectivity index (χ3v) is 6.64. The summed E-state index contributed by atoms with van der Waals surface area (Å²) in [6, 6.07) is 9.56. The van der Waals surface area contributed by atoms with E-state index in [1.54, 1.807) is 7.11 Å². The molecular weight excluding hydrogens is 255 g/mol. The lowest BCUT2D eigenvalue weighted by atomic mass is 10.1. The number of benzene rings is 1. The first-order valence-corrected chi connectivity index (χ1v) is 7.97. The molecule has 0 aliphatic carbocycles. The maximum atomic E-state index is 12.9. The quantitative estimate of drug-likeness (QED) is 0.609. The van der Waals surface area contributed by atoms with Crippen molar-refractivity contribution in [1.82, 2.24) is 0 Å². The van der Waals surface area contributed by atoms with E-state index in [2.05, 4.69) is 0 Å². The first-order valence-electron chi connectivity index (χ1n) is 5.57. The summed E-state index contributed by atoms with van der Waals surface area (Å²) in [6.45, 7) is 1.92. The van der Waals surface area contributed by atoms with E-state index in [9.17, 15) is 4.57 Å². The summed E-state index contributed by atoms with van der Waals surface area (Å²) in [7, 11) is -0.884. The molecule has 3 unspecified atom stereocenters. The highest BCUT2D eigenvalue weighted by atomic mass is 35.5. The molecule has 0 aromatic heterocycles. The van der Waals surface area contributed by atoms with Crippen molar-refractivity contribution in [3.05, 3.63) is 41.7 Å². The van der Waals surface area contributed by atoms with E-state index >= 15 is 0 Å². The Labute approximate surface area is 107 Å². The van der Waals surface area contributed by atoms with Gasteiger partial charge in [0.05, 0.1) is 11.5 Å². The summed E-state index contributed by atoms with van der Waals surface area (Å²) >= 11 is 6.23. The highest BCUT2D eigenvalue weighted by Crippen LogP contribution is 2.52. The van der Waals surface area contributed by atoms with Crippen LogP contribution in [0.3, 0.4) is 0 Å². The number of rotatable bonds is 2. The second kappa shape index (κ2) is 4.97. The Morgan fingerprint density at radius 1 is 1.35 bits per heavy atom. The Kier molecular flexibility index (Phi) is 3.77. The van der Waals surface area contributed by atoms with Crippen molar-refractivity contribution in [3.8, 4) is 0 Å². The lowest BCUT2D eigenvalue weighted by Crippen LogP contribution is -2.33. The molecule has 0 saturated heterocycles. The molecule has 0 spiro atoms. The number of halogens is 1. The van der Waals surface area contributed by atoms with Gasteiger partial charge in [-0.2, -0.15) is 0 Å². The molecule has 1 aromatic rings. The Bertz CT molecular complexity index is 470. The van der Waals surface area contributed by atoms with Gasteiger partial charge in [0, 0.05) is 18.6 Å². The van der Waals surface area contributed by atoms with Gasteiger partial charge in [-0.3, -0.25) is 0 Å². The third-order valence-electron chi connectivity index (χ3n) is 3.12. The summed E-state index contributed by atoms with van der Waals surface area (Å²) in [5, 5.41) is 0.704. The van der Waals surface area contributed by atoms with E-state index in [4.69, 9.17) is 16.3 Å². The Hall–Kier alpha value is -0.560. The molecule has 1 heterocycles. The zero-order valence-corrected chi connectivity index (χ0v) is 11.6. The molecule has 0 fully saturated rings. The van der Waals surface area contributed by atoms with Crippen LogP contribution in [0, 0.1) is 0 Å². The average molecular weight is 271 g/mol. The number of methoxy groups -OCH3 is 1. The van der Waals surface area contributed by atoms with E-state index < -0.39 is 7.14 Å². The average Bonchev–Trinajstić information content (AvgIpc) is 2.35. The van der Waals surface area contributed by atoms with Crippen molar-refractivity contribution in [2.45, 2.75) is 18.4 Å². The molecule has 0 amide bonds. The van der Waals surface area contributed by atoms with E-state index in [1.807, 2.05) is 43.1 Å². The number of ether oxygens (including phenoxy) is 1. The predicted molar refractivity (Wildman–Crippen MR) is 72.7 cm³/mol. The van der Waals surface area contributed by atoms with Crippen LogP contribution in [0.2, 0.25) is 0 Å². The Balaban J connectivity index is 2.43. The fraction of sp³-hybridized carbons (Fsp3) is 0.385. The van der Waals surface area contributed by atoms with Gasteiger partial charge in [-0.25, -0.2) is 0 Å². The lowest BCUT2D eigenvalue weighted by molar-refractivity contribution is 0.122. The van der Waals surface area contributed by atoms with E-state index in [-0.39, 0.29) is 11.5 Å². The van der Waals surface area contributed by atoms with E-state index in [0.717, 1.165) is 10.9 Å². The molecule has 1 aromatic carbocycles. The van der Waals surface area contributed by atoms with Crippen LogP contribution in [0.4, 0.5) is 0 Å². The van der Waals surface area contributed by atoms with Gasteiger partial charge < -0.3 is 9.30 Å². The molecule has 0 saturated carbocycles. The van der Waals surface area contributed by atoms with Gasteiger partial charge in [-0.1, -0.05) is 30.3 Å². The molecule has 4 heteroatoms.